The molecule has 2 aliphatic heterocycles. The van der Waals surface area contributed by atoms with Crippen molar-refractivity contribution in [3.05, 3.63) is 0 Å². The molecule has 3 atom stereocenters. The lowest BCUT2D eigenvalue weighted by Crippen LogP contribution is -2.41. The molecule has 5 heteroatoms. The fourth-order valence-electron chi connectivity index (χ4n) is 4.13. The van der Waals surface area contributed by atoms with Crippen LogP contribution in [0.2, 0.25) is 0 Å². The molecule has 0 aromatic heterocycles. The van der Waals surface area contributed by atoms with Crippen LogP contribution < -0.4 is 0 Å². The average molecular weight is 280 g/mol. The van der Waals surface area contributed by atoms with Crippen LogP contribution in [0.1, 0.15) is 38.5 Å². The Labute approximate surface area is 119 Å². The first-order valence-corrected chi connectivity index (χ1v) is 7.92. The van der Waals surface area contributed by atoms with Gasteiger partial charge in [0.15, 0.2) is 0 Å². The number of carbonyl (C=O) groups excluding carboxylic acids is 1. The second kappa shape index (κ2) is 5.72. The molecule has 2 saturated heterocycles. The molecule has 20 heavy (non-hydrogen) atoms. The molecule has 0 radical (unpaired) electrons. The zero-order valence-electron chi connectivity index (χ0n) is 12.0. The Bertz CT molecular complexity index is 393. The van der Waals surface area contributed by atoms with Crippen molar-refractivity contribution in [2.24, 2.45) is 11.8 Å². The first kappa shape index (κ1) is 13.9. The molecule has 1 aliphatic carbocycles. The number of rotatable bonds is 3. The lowest BCUT2D eigenvalue weighted by molar-refractivity contribution is -0.148. The van der Waals surface area contributed by atoms with Crippen molar-refractivity contribution in [1.29, 1.82) is 0 Å². The van der Waals surface area contributed by atoms with Gasteiger partial charge < -0.3 is 10.0 Å². The van der Waals surface area contributed by atoms with Gasteiger partial charge in [-0.2, -0.15) is 0 Å². The molecular weight excluding hydrogens is 256 g/mol. The molecule has 0 spiro atoms. The average Bonchev–Trinajstić information content (AvgIpc) is 3.17. The van der Waals surface area contributed by atoms with E-state index in [4.69, 9.17) is 0 Å². The second-order valence-corrected chi connectivity index (χ2v) is 6.45. The lowest BCUT2D eigenvalue weighted by Gasteiger charge is -2.26. The minimum Gasteiger partial charge on any atom is -0.481 e. The third-order valence-electron chi connectivity index (χ3n) is 5.28. The molecule has 1 saturated carbocycles. The third-order valence-corrected chi connectivity index (χ3v) is 5.28. The highest BCUT2D eigenvalue weighted by atomic mass is 16.4. The fourth-order valence-corrected chi connectivity index (χ4v) is 4.13. The molecule has 3 unspecified atom stereocenters. The Balaban J connectivity index is 1.59. The summed E-state index contributed by atoms with van der Waals surface area (Å²) in [6, 6.07) is 0.506. The maximum Gasteiger partial charge on any atom is 0.307 e. The van der Waals surface area contributed by atoms with E-state index in [0.717, 1.165) is 45.4 Å². The minimum atomic E-state index is -0.795. The zero-order chi connectivity index (χ0) is 14.1. The topological polar surface area (TPSA) is 60.9 Å². The number of aliphatic carboxylic acids is 1. The zero-order valence-corrected chi connectivity index (χ0v) is 12.0. The molecule has 5 nitrogen and oxygen atoms in total. The first-order chi connectivity index (χ1) is 9.66. The number of carbonyl (C=O) groups is 2. The van der Waals surface area contributed by atoms with E-state index < -0.39 is 11.9 Å². The number of hydrogen-bond donors (Lipinski definition) is 1. The predicted octanol–water partition coefficient (Wildman–Crippen LogP) is 1.18. The largest absolute Gasteiger partial charge is 0.481 e. The summed E-state index contributed by atoms with van der Waals surface area (Å²) in [5.74, 6) is -1.43. The van der Waals surface area contributed by atoms with E-state index in [2.05, 4.69) is 4.90 Å². The van der Waals surface area contributed by atoms with Crippen LogP contribution in [0, 0.1) is 11.8 Å². The quantitative estimate of drug-likeness (QED) is 0.843. The van der Waals surface area contributed by atoms with Gasteiger partial charge in [-0.3, -0.25) is 14.5 Å². The van der Waals surface area contributed by atoms with Gasteiger partial charge in [0.25, 0.3) is 0 Å². The van der Waals surface area contributed by atoms with Crippen LogP contribution >= 0.6 is 0 Å². The number of amides is 1. The molecule has 3 rings (SSSR count). The van der Waals surface area contributed by atoms with Crippen LogP contribution in [0.3, 0.4) is 0 Å². The number of nitrogens with zero attached hydrogens (tertiary/aromatic N) is 2. The molecule has 1 N–H and O–H groups in total. The third kappa shape index (κ3) is 2.55. The van der Waals surface area contributed by atoms with Gasteiger partial charge >= 0.3 is 5.97 Å². The van der Waals surface area contributed by atoms with Crippen LogP contribution in [0.25, 0.3) is 0 Å². The van der Waals surface area contributed by atoms with E-state index in [0.29, 0.717) is 12.5 Å². The van der Waals surface area contributed by atoms with Crippen molar-refractivity contribution in [3.8, 4) is 0 Å². The van der Waals surface area contributed by atoms with E-state index in [9.17, 15) is 14.7 Å². The van der Waals surface area contributed by atoms with Crippen LogP contribution in [0.4, 0.5) is 0 Å². The van der Waals surface area contributed by atoms with Gasteiger partial charge in [0.2, 0.25) is 5.91 Å². The standard InChI is InChI=1S/C15H24N2O3/c18-14(12-4-3-5-13(12)15(19)20)17-9-6-11(10-17)16-7-1-2-8-16/h11-13H,1-10H2,(H,19,20). The van der Waals surface area contributed by atoms with E-state index in [1.165, 1.54) is 12.8 Å². The van der Waals surface area contributed by atoms with Crippen LogP contribution in [-0.4, -0.2) is 59.0 Å². The number of carboxylic acids is 1. The van der Waals surface area contributed by atoms with Gasteiger partial charge in [0, 0.05) is 19.1 Å². The Morgan fingerprint density at radius 2 is 1.60 bits per heavy atom. The lowest BCUT2D eigenvalue weighted by atomic mass is 9.95. The molecular formula is C15H24N2O3. The van der Waals surface area contributed by atoms with Gasteiger partial charge in [-0.1, -0.05) is 6.42 Å². The van der Waals surface area contributed by atoms with Crippen molar-refractivity contribution in [2.45, 2.75) is 44.6 Å². The van der Waals surface area contributed by atoms with Crippen molar-refractivity contribution in [3.63, 3.8) is 0 Å². The Hall–Kier alpha value is -1.10. The van der Waals surface area contributed by atoms with Crippen molar-refractivity contribution in [1.82, 2.24) is 9.80 Å². The van der Waals surface area contributed by atoms with Crippen LogP contribution in [-0.2, 0) is 9.59 Å². The van der Waals surface area contributed by atoms with Gasteiger partial charge in [-0.25, -0.2) is 0 Å². The summed E-state index contributed by atoms with van der Waals surface area (Å²) in [4.78, 5) is 28.2. The highest BCUT2D eigenvalue weighted by Crippen LogP contribution is 2.34. The maximum absolute atomic E-state index is 12.6. The Kier molecular flexibility index (Phi) is 3.96. The summed E-state index contributed by atoms with van der Waals surface area (Å²) >= 11 is 0. The van der Waals surface area contributed by atoms with Crippen LogP contribution in [0.15, 0.2) is 0 Å². The van der Waals surface area contributed by atoms with Gasteiger partial charge in [-0.15, -0.1) is 0 Å². The summed E-state index contributed by atoms with van der Waals surface area (Å²) in [6.07, 6.45) is 5.88. The normalized spacial score (nSPS) is 34.8. The van der Waals surface area contributed by atoms with Crippen molar-refractivity contribution in [2.75, 3.05) is 26.2 Å². The predicted molar refractivity (Wildman–Crippen MR) is 74.3 cm³/mol. The maximum atomic E-state index is 12.6. The summed E-state index contributed by atoms with van der Waals surface area (Å²) in [5.41, 5.74) is 0. The second-order valence-electron chi connectivity index (χ2n) is 6.45. The molecule has 3 aliphatic rings. The Morgan fingerprint density at radius 1 is 0.900 bits per heavy atom. The molecule has 2 heterocycles. The van der Waals surface area contributed by atoms with Gasteiger partial charge in [-0.05, 0) is 45.2 Å². The molecule has 3 fully saturated rings. The Morgan fingerprint density at radius 3 is 2.30 bits per heavy atom. The molecule has 0 bridgehead atoms. The highest BCUT2D eigenvalue weighted by molar-refractivity contribution is 5.85. The highest BCUT2D eigenvalue weighted by Gasteiger charge is 2.42. The van der Waals surface area contributed by atoms with E-state index in [1.807, 2.05) is 4.90 Å². The number of hydrogen-bond acceptors (Lipinski definition) is 3. The van der Waals surface area contributed by atoms with Gasteiger partial charge in [0.1, 0.15) is 0 Å². The minimum absolute atomic E-state index is 0.0941. The fraction of sp³-hybridized carbons (Fsp3) is 0.867. The molecule has 112 valence electrons. The summed E-state index contributed by atoms with van der Waals surface area (Å²) in [6.45, 7) is 3.94. The number of likely N-dealkylation sites (tertiary alicyclic amines) is 2. The smallest absolute Gasteiger partial charge is 0.307 e. The molecule has 0 aromatic carbocycles. The van der Waals surface area contributed by atoms with E-state index in [-0.39, 0.29) is 11.8 Å². The van der Waals surface area contributed by atoms with Crippen molar-refractivity contribution >= 4 is 11.9 Å². The van der Waals surface area contributed by atoms with E-state index in [1.54, 1.807) is 0 Å². The first-order valence-electron chi connectivity index (χ1n) is 7.92. The molecule has 0 aromatic rings. The molecule has 1 amide bonds. The van der Waals surface area contributed by atoms with E-state index >= 15 is 0 Å². The van der Waals surface area contributed by atoms with Gasteiger partial charge in [0.05, 0.1) is 11.8 Å². The summed E-state index contributed by atoms with van der Waals surface area (Å²) < 4.78 is 0. The number of carboxylic acid groups (broad SMARTS) is 1. The summed E-state index contributed by atoms with van der Waals surface area (Å²) in [7, 11) is 0. The SMILES string of the molecule is O=C(O)C1CCCC1C(=O)N1CCC(N2CCCC2)C1. The van der Waals surface area contributed by atoms with Crippen molar-refractivity contribution < 1.29 is 14.7 Å². The monoisotopic (exact) mass is 280 g/mol. The summed E-state index contributed by atoms with van der Waals surface area (Å²) in [5, 5.41) is 9.22. The van der Waals surface area contributed by atoms with Crippen LogP contribution in [0.5, 0.6) is 0 Å².